The number of aryl methyl sites for hydroxylation is 1. The number of benzene rings is 1. The van der Waals surface area contributed by atoms with Crippen LogP contribution in [-0.4, -0.2) is 61.8 Å². The van der Waals surface area contributed by atoms with Gasteiger partial charge in [0.25, 0.3) is 0 Å². The van der Waals surface area contributed by atoms with Gasteiger partial charge in [-0.05, 0) is 51.3 Å². The van der Waals surface area contributed by atoms with Crippen LogP contribution >= 0.6 is 11.6 Å². The van der Waals surface area contributed by atoms with Crippen molar-refractivity contribution in [3.63, 3.8) is 0 Å². The zero-order valence-electron chi connectivity index (χ0n) is 25.3. The average molecular weight is 599 g/mol. The Morgan fingerprint density at radius 2 is 1.79 bits per heavy atom. The molecular weight excluding hydrogens is 564 g/mol. The Kier molecular flexibility index (Phi) is 8.21. The summed E-state index contributed by atoms with van der Waals surface area (Å²) < 4.78 is 1.51. The van der Waals surface area contributed by atoms with Crippen LogP contribution in [0.25, 0.3) is 28.0 Å². The third kappa shape index (κ3) is 5.33. The molecule has 222 valence electrons. The second-order valence-corrected chi connectivity index (χ2v) is 12.0. The number of pyridine rings is 2. The highest BCUT2D eigenvalue weighted by molar-refractivity contribution is 6.34. The van der Waals surface area contributed by atoms with Gasteiger partial charge in [0.1, 0.15) is 5.82 Å². The van der Waals surface area contributed by atoms with Gasteiger partial charge in [0.15, 0.2) is 11.9 Å². The number of hydrogen-bond acceptors (Lipinski definition) is 7. The zero-order chi connectivity index (χ0) is 31.2. The number of rotatable bonds is 6. The molecule has 0 saturated carbocycles. The number of nitrogens with zero attached hydrogens (tertiary/aromatic N) is 6. The Bertz CT molecular complexity index is 1820. The first kappa shape index (κ1) is 30.1. The monoisotopic (exact) mass is 598 g/mol. The highest BCUT2D eigenvalue weighted by atomic mass is 35.5. The fourth-order valence-electron chi connectivity index (χ4n) is 5.97. The fraction of sp³-hybridized carbons (Fsp3) is 0.333. The van der Waals surface area contributed by atoms with Crippen molar-refractivity contribution < 1.29 is 9.59 Å². The second-order valence-electron chi connectivity index (χ2n) is 11.6. The molecule has 0 radical (unpaired) electrons. The van der Waals surface area contributed by atoms with E-state index in [-0.39, 0.29) is 23.9 Å². The molecule has 1 amide bonds. The van der Waals surface area contributed by atoms with Gasteiger partial charge in [0.05, 0.1) is 27.5 Å². The molecule has 2 atom stereocenters. The number of amides is 1. The summed E-state index contributed by atoms with van der Waals surface area (Å²) in [6.07, 6.45) is 2.49. The van der Waals surface area contributed by atoms with Gasteiger partial charge in [-0.15, -0.1) is 0 Å². The summed E-state index contributed by atoms with van der Waals surface area (Å²) in [7, 11) is 0. The van der Waals surface area contributed by atoms with Crippen molar-refractivity contribution >= 4 is 40.6 Å². The molecule has 1 saturated heterocycles. The van der Waals surface area contributed by atoms with Crippen LogP contribution in [0.2, 0.25) is 5.02 Å². The smallest absolute Gasteiger partial charge is 0.347 e. The summed E-state index contributed by atoms with van der Waals surface area (Å²) in [4.78, 5) is 57.0. The van der Waals surface area contributed by atoms with E-state index in [0.717, 1.165) is 17.5 Å². The van der Waals surface area contributed by atoms with Crippen molar-refractivity contribution in [3.8, 4) is 16.9 Å². The number of piperazine rings is 1. The van der Waals surface area contributed by atoms with Gasteiger partial charge in [0, 0.05) is 48.1 Å². The maximum Gasteiger partial charge on any atom is 0.355 e. The summed E-state index contributed by atoms with van der Waals surface area (Å²) in [5, 5.41) is 0.895. The Morgan fingerprint density at radius 1 is 1.12 bits per heavy atom. The largest absolute Gasteiger partial charge is 0.355 e. The van der Waals surface area contributed by atoms with Gasteiger partial charge < -0.3 is 9.80 Å². The molecule has 5 rings (SSSR count). The Morgan fingerprint density at radius 3 is 2.42 bits per heavy atom. The Labute approximate surface area is 255 Å². The summed E-state index contributed by atoms with van der Waals surface area (Å²) in [5.74, 6) is 0.358. The zero-order valence-corrected chi connectivity index (χ0v) is 26.0. The van der Waals surface area contributed by atoms with Crippen LogP contribution in [0.3, 0.4) is 0 Å². The van der Waals surface area contributed by atoms with Crippen molar-refractivity contribution in [3.05, 3.63) is 87.1 Å². The number of carbonyl (C=O) groups is 2. The molecule has 0 unspecified atom stereocenters. The molecule has 43 heavy (non-hydrogen) atoms. The maximum absolute atomic E-state index is 14.1. The van der Waals surface area contributed by atoms with E-state index >= 15 is 0 Å². The number of aromatic nitrogens is 4. The molecule has 9 nitrogen and oxygen atoms in total. The molecular formula is C33H35ClN6O3. The minimum atomic E-state index is -0.509. The molecule has 4 aromatic rings. The first-order valence-corrected chi connectivity index (χ1v) is 14.7. The molecule has 0 bridgehead atoms. The average Bonchev–Trinajstić information content (AvgIpc) is 2.96. The summed E-state index contributed by atoms with van der Waals surface area (Å²) in [6.45, 7) is 16.4. The van der Waals surface area contributed by atoms with E-state index in [1.54, 1.807) is 42.3 Å². The van der Waals surface area contributed by atoms with Gasteiger partial charge in [-0.2, -0.15) is 4.98 Å². The summed E-state index contributed by atoms with van der Waals surface area (Å²) >= 11 is 6.91. The highest BCUT2D eigenvalue weighted by Crippen LogP contribution is 2.37. The normalized spacial score (nSPS) is 17.0. The summed E-state index contributed by atoms with van der Waals surface area (Å²) in [5.41, 5.74) is 3.89. The molecule has 0 spiro atoms. The molecule has 0 aliphatic carbocycles. The lowest BCUT2D eigenvalue weighted by Gasteiger charge is -2.45. The van der Waals surface area contributed by atoms with Crippen molar-refractivity contribution in [1.82, 2.24) is 24.4 Å². The third-order valence-electron chi connectivity index (χ3n) is 7.88. The number of aldehydes is 1. The van der Waals surface area contributed by atoms with E-state index < -0.39 is 5.69 Å². The quantitative estimate of drug-likeness (QED) is 0.206. The molecule has 1 fully saturated rings. The molecule has 3 aromatic heterocycles. The lowest BCUT2D eigenvalue weighted by molar-refractivity contribution is -0.128. The fourth-order valence-corrected chi connectivity index (χ4v) is 6.22. The minimum absolute atomic E-state index is 0.0121. The van der Waals surface area contributed by atoms with E-state index in [4.69, 9.17) is 16.6 Å². The van der Waals surface area contributed by atoms with Crippen LogP contribution in [0.1, 0.15) is 62.2 Å². The third-order valence-corrected chi connectivity index (χ3v) is 8.17. The van der Waals surface area contributed by atoms with Crippen molar-refractivity contribution in [2.45, 2.75) is 59.5 Å². The van der Waals surface area contributed by atoms with Gasteiger partial charge in [-0.25, -0.2) is 14.3 Å². The van der Waals surface area contributed by atoms with Crippen molar-refractivity contribution in [2.75, 3.05) is 18.0 Å². The Hall–Kier alpha value is -4.37. The predicted octanol–water partition coefficient (Wildman–Crippen LogP) is 5.74. The predicted molar refractivity (Wildman–Crippen MR) is 170 cm³/mol. The number of anilines is 1. The first-order chi connectivity index (χ1) is 20.4. The van der Waals surface area contributed by atoms with E-state index in [1.807, 2.05) is 46.8 Å². The van der Waals surface area contributed by atoms with Crippen LogP contribution in [0.15, 0.2) is 59.5 Å². The number of fused-ring (bicyclic) bond motifs is 1. The lowest BCUT2D eigenvalue weighted by atomic mass is 10.0. The van der Waals surface area contributed by atoms with Crippen molar-refractivity contribution in [1.29, 1.82) is 0 Å². The molecule has 4 heterocycles. The molecule has 1 aromatic carbocycles. The van der Waals surface area contributed by atoms with Crippen LogP contribution < -0.4 is 10.6 Å². The van der Waals surface area contributed by atoms with Crippen LogP contribution in [0.5, 0.6) is 0 Å². The lowest BCUT2D eigenvalue weighted by Crippen LogP contribution is -2.59. The molecule has 1 aliphatic rings. The molecule has 1 aliphatic heterocycles. The minimum Gasteiger partial charge on any atom is -0.347 e. The molecule has 10 heteroatoms. The number of carbonyl (C=O) groups excluding carboxylic acids is 2. The highest BCUT2D eigenvalue weighted by Gasteiger charge is 2.35. The standard InChI is InChI=1S/C33H35ClN6O3/c1-18(2)27-29(20(5)12-13-35-27)40-30-25(14-26(34)28(36-30)24-11-9-8-10-23(24)17-41)31(37-33(40)43)39-21(6)15-38(16-22(39)7)32(42)19(3)4/h8-14,17-18,21-22H,3,15-16H2,1-2,4-7H3/t21-,22-/m0/s1. The van der Waals surface area contributed by atoms with Crippen molar-refractivity contribution in [2.24, 2.45) is 0 Å². The van der Waals surface area contributed by atoms with Crippen LogP contribution in [0, 0.1) is 6.92 Å². The van der Waals surface area contributed by atoms with Gasteiger partial charge >= 0.3 is 5.69 Å². The van der Waals surface area contributed by atoms with Crippen LogP contribution in [-0.2, 0) is 4.79 Å². The van der Waals surface area contributed by atoms with E-state index in [2.05, 4.69) is 21.4 Å². The number of hydrogen-bond donors (Lipinski definition) is 0. The van der Waals surface area contributed by atoms with E-state index in [0.29, 0.717) is 63.0 Å². The SMILES string of the molecule is C=C(C)C(=O)N1C[C@H](C)N(c2nc(=O)n(-c3c(C)ccnc3C(C)C)c3nc(-c4ccccc4C=O)c(Cl)cc23)[C@@H](C)C1. The van der Waals surface area contributed by atoms with E-state index in [1.165, 1.54) is 4.57 Å². The summed E-state index contributed by atoms with van der Waals surface area (Å²) in [6, 6.07) is 10.4. The van der Waals surface area contributed by atoms with E-state index in [9.17, 15) is 14.4 Å². The first-order valence-electron chi connectivity index (χ1n) is 14.3. The van der Waals surface area contributed by atoms with Gasteiger partial charge in [0.2, 0.25) is 5.91 Å². The molecule has 0 N–H and O–H groups in total. The van der Waals surface area contributed by atoms with Crippen LogP contribution in [0.4, 0.5) is 5.82 Å². The Balaban J connectivity index is 1.83. The van der Waals surface area contributed by atoms with Gasteiger partial charge in [-0.1, -0.05) is 56.3 Å². The van der Waals surface area contributed by atoms with Gasteiger partial charge in [-0.3, -0.25) is 14.6 Å². The maximum atomic E-state index is 14.1. The second kappa shape index (κ2) is 11.7. The number of halogens is 1. The topological polar surface area (TPSA) is 101 Å².